The number of para-hydroxylation sites is 2. The fraction of sp³-hybridized carbons (Fsp3) is 0.0423. The minimum Gasteiger partial charge on any atom is -0.310 e. The zero-order valence-electron chi connectivity index (χ0n) is 41.3. The first-order valence-electron chi connectivity index (χ1n) is 25.7. The summed E-state index contributed by atoms with van der Waals surface area (Å²) in [5, 5.41) is 7.49. The van der Waals surface area contributed by atoms with Gasteiger partial charge in [-0.15, -0.1) is 0 Å². The molecule has 1 aromatic heterocycles. The number of hydrogen-bond acceptors (Lipinski definition) is 2. The molecule has 0 fully saturated rings. The van der Waals surface area contributed by atoms with E-state index in [1.807, 2.05) is 0 Å². The molecule has 0 atom stereocenters. The van der Waals surface area contributed by atoms with Crippen molar-refractivity contribution in [3.8, 4) is 39.1 Å². The molecule has 12 aromatic carbocycles. The van der Waals surface area contributed by atoms with Crippen LogP contribution in [0.3, 0.4) is 0 Å². The Hall–Kier alpha value is -9.44. The van der Waals surface area contributed by atoms with Crippen LogP contribution < -0.4 is 9.80 Å². The predicted octanol–water partition coefficient (Wildman–Crippen LogP) is 19.7. The van der Waals surface area contributed by atoms with Crippen LogP contribution in [0, 0.1) is 0 Å². The summed E-state index contributed by atoms with van der Waals surface area (Å²) >= 11 is 0. The molecule has 0 bridgehead atoms. The van der Waals surface area contributed by atoms with Crippen LogP contribution >= 0.6 is 0 Å². The molecule has 0 unspecified atom stereocenters. The molecular formula is C71H51N3. The molecule has 13 aromatic rings. The number of aromatic nitrogens is 1. The summed E-state index contributed by atoms with van der Waals surface area (Å²) in [4.78, 5) is 4.75. The van der Waals surface area contributed by atoms with Crippen molar-refractivity contribution in [1.29, 1.82) is 0 Å². The quantitative estimate of drug-likeness (QED) is 0.143. The van der Waals surface area contributed by atoms with Crippen LogP contribution in [0.2, 0.25) is 0 Å². The molecule has 3 heteroatoms. The van der Waals surface area contributed by atoms with E-state index >= 15 is 0 Å². The number of fused-ring (bicyclic) bond motifs is 9. The lowest BCUT2D eigenvalue weighted by Crippen LogP contribution is -2.16. The molecule has 350 valence electrons. The molecule has 0 saturated heterocycles. The molecule has 0 aliphatic heterocycles. The van der Waals surface area contributed by atoms with Gasteiger partial charge in [-0.05, 0) is 169 Å². The maximum Gasteiger partial charge on any atom is 0.0547 e. The number of anilines is 6. The number of benzene rings is 12. The molecular weight excluding hydrogens is 895 g/mol. The van der Waals surface area contributed by atoms with Gasteiger partial charge in [0.15, 0.2) is 0 Å². The monoisotopic (exact) mass is 945 g/mol. The first kappa shape index (κ1) is 43.4. The second kappa shape index (κ2) is 17.4. The molecule has 1 aliphatic carbocycles. The lowest BCUT2D eigenvalue weighted by atomic mass is 9.82. The van der Waals surface area contributed by atoms with E-state index in [0.29, 0.717) is 0 Å². The highest BCUT2D eigenvalue weighted by atomic mass is 15.1. The fourth-order valence-electron chi connectivity index (χ4n) is 11.9. The second-order valence-corrected chi connectivity index (χ2v) is 20.2. The highest BCUT2D eigenvalue weighted by Gasteiger charge is 2.36. The average Bonchev–Trinajstić information content (AvgIpc) is 3.92. The molecule has 1 aliphatic rings. The van der Waals surface area contributed by atoms with Crippen LogP contribution in [0.5, 0.6) is 0 Å². The van der Waals surface area contributed by atoms with Crippen LogP contribution in [0.15, 0.2) is 273 Å². The molecule has 0 radical (unpaired) electrons. The second-order valence-electron chi connectivity index (χ2n) is 20.2. The van der Waals surface area contributed by atoms with Gasteiger partial charge in [-0.1, -0.05) is 184 Å². The van der Waals surface area contributed by atoms with E-state index in [-0.39, 0.29) is 5.41 Å². The molecule has 1 heterocycles. The van der Waals surface area contributed by atoms with Gasteiger partial charge in [-0.25, -0.2) is 0 Å². The Kier molecular flexibility index (Phi) is 10.2. The summed E-state index contributed by atoms with van der Waals surface area (Å²) in [6, 6.07) is 100. The van der Waals surface area contributed by atoms with E-state index in [2.05, 4.69) is 301 Å². The molecule has 0 N–H and O–H groups in total. The van der Waals surface area contributed by atoms with Gasteiger partial charge in [0.25, 0.3) is 0 Å². The third-order valence-corrected chi connectivity index (χ3v) is 15.5. The van der Waals surface area contributed by atoms with Crippen molar-refractivity contribution in [2.45, 2.75) is 19.3 Å². The predicted molar refractivity (Wildman–Crippen MR) is 314 cm³/mol. The third kappa shape index (κ3) is 7.19. The van der Waals surface area contributed by atoms with Crippen LogP contribution in [-0.4, -0.2) is 4.57 Å². The lowest BCUT2D eigenvalue weighted by molar-refractivity contribution is 0.660. The average molecular weight is 946 g/mol. The van der Waals surface area contributed by atoms with E-state index in [9.17, 15) is 0 Å². The zero-order chi connectivity index (χ0) is 49.3. The fourth-order valence-corrected chi connectivity index (χ4v) is 11.9. The highest BCUT2D eigenvalue weighted by molar-refractivity contribution is 6.22. The third-order valence-electron chi connectivity index (χ3n) is 15.5. The molecule has 3 nitrogen and oxygen atoms in total. The van der Waals surface area contributed by atoms with E-state index in [0.717, 1.165) is 50.9 Å². The number of nitrogens with zero attached hydrogens (tertiary/aromatic N) is 3. The smallest absolute Gasteiger partial charge is 0.0547 e. The Labute approximate surface area is 432 Å². The Morgan fingerprint density at radius 3 is 1.46 bits per heavy atom. The Morgan fingerprint density at radius 2 is 0.770 bits per heavy atom. The molecule has 0 saturated carbocycles. The first-order valence-corrected chi connectivity index (χ1v) is 25.7. The minimum absolute atomic E-state index is 0.133. The maximum absolute atomic E-state index is 2.42. The van der Waals surface area contributed by atoms with E-state index in [1.54, 1.807) is 0 Å². The topological polar surface area (TPSA) is 11.4 Å². The maximum atomic E-state index is 2.42. The number of rotatable bonds is 9. The summed E-state index contributed by atoms with van der Waals surface area (Å²) in [7, 11) is 0. The van der Waals surface area contributed by atoms with Crippen molar-refractivity contribution >= 4 is 77.5 Å². The highest BCUT2D eigenvalue weighted by Crippen LogP contribution is 2.51. The zero-order valence-corrected chi connectivity index (χ0v) is 41.3. The van der Waals surface area contributed by atoms with Gasteiger partial charge in [-0.2, -0.15) is 0 Å². The summed E-state index contributed by atoms with van der Waals surface area (Å²) in [6.07, 6.45) is 0. The van der Waals surface area contributed by atoms with E-state index in [1.165, 1.54) is 76.7 Å². The summed E-state index contributed by atoms with van der Waals surface area (Å²) in [5.74, 6) is 0. The van der Waals surface area contributed by atoms with Crippen molar-refractivity contribution in [2.24, 2.45) is 0 Å². The lowest BCUT2D eigenvalue weighted by Gasteiger charge is -2.28. The van der Waals surface area contributed by atoms with Crippen molar-refractivity contribution in [1.82, 2.24) is 4.57 Å². The van der Waals surface area contributed by atoms with Gasteiger partial charge in [0.2, 0.25) is 0 Å². The van der Waals surface area contributed by atoms with Gasteiger partial charge in [0, 0.05) is 56.0 Å². The standard InChI is InChI=1S/C71H51N3/c1-71(2)66-24-14-13-23-63(66)64-42-41-61(47-67(64)71)73(58-36-27-50(28-37-58)49-25-34-57(35-26-49)72(55-18-5-3-6-19-55)60-40-31-48-15-9-10-17-53(48)45-60)59-38-29-51(30-39-59)54-33-43-68-65(46-54)70-62-22-12-11-16-52(62)32-44-69(70)74(68)56-20-7-4-8-21-56/h3-47H,1-2H3. The van der Waals surface area contributed by atoms with Crippen LogP contribution in [-0.2, 0) is 5.41 Å². The SMILES string of the molecule is CC1(C)c2ccccc2-c2ccc(N(c3ccc(-c4ccc(N(c5ccccc5)c5ccc6ccccc6c5)cc4)cc3)c3ccc(-c4ccc5c(c4)c4c6ccccc6ccc4n5-c4ccccc4)cc3)cc21. The largest absolute Gasteiger partial charge is 0.310 e. The summed E-state index contributed by atoms with van der Waals surface area (Å²) < 4.78 is 2.41. The Bertz CT molecular complexity index is 4250. The van der Waals surface area contributed by atoms with E-state index < -0.39 is 0 Å². The van der Waals surface area contributed by atoms with Crippen LogP contribution in [0.4, 0.5) is 34.1 Å². The van der Waals surface area contributed by atoms with Crippen LogP contribution in [0.25, 0.3) is 82.4 Å². The van der Waals surface area contributed by atoms with Gasteiger partial charge in [0.1, 0.15) is 0 Å². The van der Waals surface area contributed by atoms with E-state index in [4.69, 9.17) is 0 Å². The van der Waals surface area contributed by atoms with Gasteiger partial charge >= 0.3 is 0 Å². The van der Waals surface area contributed by atoms with Gasteiger partial charge in [-0.3, -0.25) is 0 Å². The molecule has 14 rings (SSSR count). The Balaban J connectivity index is 0.838. The molecule has 0 spiro atoms. The summed E-state index contributed by atoms with van der Waals surface area (Å²) in [5.41, 5.74) is 20.2. The minimum atomic E-state index is -0.133. The van der Waals surface area contributed by atoms with Gasteiger partial charge < -0.3 is 14.4 Å². The molecule has 74 heavy (non-hydrogen) atoms. The summed E-state index contributed by atoms with van der Waals surface area (Å²) in [6.45, 7) is 4.72. The Morgan fingerprint density at radius 1 is 0.297 bits per heavy atom. The van der Waals surface area contributed by atoms with Gasteiger partial charge in [0.05, 0.1) is 11.0 Å². The van der Waals surface area contributed by atoms with Crippen molar-refractivity contribution in [2.75, 3.05) is 9.80 Å². The number of hydrogen-bond donors (Lipinski definition) is 0. The van der Waals surface area contributed by atoms with Crippen molar-refractivity contribution < 1.29 is 0 Å². The van der Waals surface area contributed by atoms with Crippen LogP contribution in [0.1, 0.15) is 25.0 Å². The molecule has 0 amide bonds. The van der Waals surface area contributed by atoms with Crippen molar-refractivity contribution in [3.63, 3.8) is 0 Å². The normalized spacial score (nSPS) is 12.6. The first-order chi connectivity index (χ1) is 36.4. The van der Waals surface area contributed by atoms with Crippen molar-refractivity contribution in [3.05, 3.63) is 284 Å².